The molecule has 1 saturated carbocycles. The number of nitrogens with one attached hydrogen (secondary N) is 2. The SMILES string of the molecule is Cc1cc(NC(=O)N(Cc2ccc(C(=O)NC[C@@H](O)C(=O)O)cc2)C2CCC(C(C)(C)C)CC2)cc(C(F)(F)F)c1. The Labute approximate surface area is 237 Å². The van der Waals surface area contributed by atoms with Crippen LogP contribution in [0.2, 0.25) is 0 Å². The molecule has 1 atom stereocenters. The van der Waals surface area contributed by atoms with Crippen LogP contribution in [0.25, 0.3) is 0 Å². The van der Waals surface area contributed by atoms with Gasteiger partial charge in [-0.2, -0.15) is 13.2 Å². The molecule has 11 heteroatoms. The first-order valence-electron chi connectivity index (χ1n) is 13.6. The van der Waals surface area contributed by atoms with Crippen LogP contribution in [0.1, 0.15) is 73.5 Å². The van der Waals surface area contributed by atoms with Gasteiger partial charge in [0, 0.05) is 23.8 Å². The van der Waals surface area contributed by atoms with Crippen LogP contribution < -0.4 is 10.6 Å². The number of hydrogen-bond donors (Lipinski definition) is 4. The highest BCUT2D eigenvalue weighted by molar-refractivity contribution is 5.94. The van der Waals surface area contributed by atoms with Crippen molar-refractivity contribution in [1.29, 1.82) is 0 Å². The fourth-order valence-electron chi connectivity index (χ4n) is 5.17. The van der Waals surface area contributed by atoms with Gasteiger partial charge in [-0.25, -0.2) is 9.59 Å². The minimum atomic E-state index is -4.55. The number of amides is 3. The molecule has 8 nitrogen and oxygen atoms in total. The highest BCUT2D eigenvalue weighted by atomic mass is 19.4. The number of alkyl halides is 3. The molecule has 1 aliphatic carbocycles. The molecule has 0 bridgehead atoms. The van der Waals surface area contributed by atoms with Crippen LogP contribution in [0, 0.1) is 18.3 Å². The minimum Gasteiger partial charge on any atom is -0.479 e. The van der Waals surface area contributed by atoms with Gasteiger partial charge >= 0.3 is 18.2 Å². The molecule has 0 saturated heterocycles. The van der Waals surface area contributed by atoms with Gasteiger partial charge in [0.15, 0.2) is 6.10 Å². The lowest BCUT2D eigenvalue weighted by Crippen LogP contribution is -2.45. The average Bonchev–Trinajstić information content (AvgIpc) is 2.89. The number of carboxylic acid groups (broad SMARTS) is 1. The van der Waals surface area contributed by atoms with Gasteiger partial charge in [-0.1, -0.05) is 32.9 Å². The average molecular weight is 578 g/mol. The Hall–Kier alpha value is -3.60. The first-order chi connectivity index (χ1) is 19.0. The lowest BCUT2D eigenvalue weighted by Gasteiger charge is -2.41. The molecule has 3 amide bonds. The second-order valence-corrected chi connectivity index (χ2v) is 11.8. The molecule has 2 aromatic rings. The number of nitrogens with zero attached hydrogens (tertiary/aromatic N) is 1. The van der Waals surface area contributed by atoms with E-state index in [4.69, 9.17) is 5.11 Å². The second kappa shape index (κ2) is 12.9. The number of hydrogen-bond acceptors (Lipinski definition) is 4. The molecule has 0 heterocycles. The fraction of sp³-hybridized carbons (Fsp3) is 0.500. The van der Waals surface area contributed by atoms with E-state index in [1.807, 2.05) is 0 Å². The Morgan fingerprint density at radius 3 is 2.15 bits per heavy atom. The van der Waals surface area contributed by atoms with Crippen molar-refractivity contribution in [3.05, 3.63) is 64.7 Å². The van der Waals surface area contributed by atoms with Crippen molar-refractivity contribution in [3.63, 3.8) is 0 Å². The van der Waals surface area contributed by atoms with Crippen molar-refractivity contribution in [1.82, 2.24) is 10.2 Å². The molecule has 4 N–H and O–H groups in total. The Balaban J connectivity index is 1.79. The monoisotopic (exact) mass is 577 g/mol. The normalized spacial score (nSPS) is 18.3. The fourth-order valence-corrected chi connectivity index (χ4v) is 5.17. The van der Waals surface area contributed by atoms with Crippen LogP contribution in [0.5, 0.6) is 0 Å². The lowest BCUT2D eigenvalue weighted by molar-refractivity contribution is -0.146. The number of halogens is 3. The predicted octanol–water partition coefficient (Wildman–Crippen LogP) is 5.83. The van der Waals surface area contributed by atoms with E-state index >= 15 is 0 Å². The van der Waals surface area contributed by atoms with Gasteiger partial charge in [0.25, 0.3) is 5.91 Å². The first kappa shape index (κ1) is 31.9. The summed E-state index contributed by atoms with van der Waals surface area (Å²) in [6.07, 6.45) is -2.92. The number of carbonyl (C=O) groups excluding carboxylic acids is 2. The third-order valence-electron chi connectivity index (χ3n) is 7.59. The van der Waals surface area contributed by atoms with E-state index in [9.17, 15) is 32.7 Å². The van der Waals surface area contributed by atoms with Gasteiger partial charge in [-0.05, 0) is 85.4 Å². The third kappa shape index (κ3) is 8.94. The molecular formula is C30H38F3N3O5. The maximum Gasteiger partial charge on any atom is 0.416 e. The first-order valence-corrected chi connectivity index (χ1v) is 13.6. The quantitative estimate of drug-likeness (QED) is 0.315. The van der Waals surface area contributed by atoms with E-state index in [1.54, 1.807) is 17.0 Å². The second-order valence-electron chi connectivity index (χ2n) is 11.8. The number of anilines is 1. The van der Waals surface area contributed by atoms with Crippen LogP contribution in [-0.4, -0.2) is 51.7 Å². The number of aliphatic hydroxyl groups excluding tert-OH is 1. The zero-order chi connectivity index (χ0) is 30.5. The number of benzene rings is 2. The summed E-state index contributed by atoms with van der Waals surface area (Å²) in [5.41, 5.74) is 0.677. The molecule has 0 spiro atoms. The van der Waals surface area contributed by atoms with Gasteiger partial charge in [0.1, 0.15) is 0 Å². The smallest absolute Gasteiger partial charge is 0.416 e. The van der Waals surface area contributed by atoms with Gasteiger partial charge < -0.3 is 25.7 Å². The van der Waals surface area contributed by atoms with E-state index in [0.29, 0.717) is 17.0 Å². The zero-order valence-electron chi connectivity index (χ0n) is 23.7. The highest BCUT2D eigenvalue weighted by Crippen LogP contribution is 2.39. The number of aliphatic hydroxyl groups is 1. The van der Waals surface area contributed by atoms with Crippen molar-refractivity contribution in [2.75, 3.05) is 11.9 Å². The van der Waals surface area contributed by atoms with E-state index < -0.39 is 42.3 Å². The molecule has 0 aliphatic heterocycles. The summed E-state index contributed by atoms with van der Waals surface area (Å²) in [4.78, 5) is 38.3. The number of carboxylic acids is 1. The van der Waals surface area contributed by atoms with Crippen molar-refractivity contribution in [2.45, 2.75) is 78.2 Å². The van der Waals surface area contributed by atoms with Crippen molar-refractivity contribution in [3.8, 4) is 0 Å². The van der Waals surface area contributed by atoms with Crippen molar-refractivity contribution in [2.24, 2.45) is 11.3 Å². The molecule has 224 valence electrons. The largest absolute Gasteiger partial charge is 0.479 e. The number of aliphatic carboxylic acids is 1. The van der Waals surface area contributed by atoms with E-state index in [0.717, 1.165) is 37.8 Å². The van der Waals surface area contributed by atoms with Crippen LogP contribution in [0.15, 0.2) is 42.5 Å². The van der Waals surface area contributed by atoms with Crippen LogP contribution in [-0.2, 0) is 17.5 Å². The number of aryl methyl sites for hydroxylation is 1. The Morgan fingerprint density at radius 1 is 1.00 bits per heavy atom. The molecule has 1 aliphatic rings. The maximum atomic E-state index is 13.5. The number of carbonyl (C=O) groups is 3. The highest BCUT2D eigenvalue weighted by Gasteiger charge is 2.34. The number of urea groups is 1. The van der Waals surface area contributed by atoms with Crippen LogP contribution in [0.3, 0.4) is 0 Å². The zero-order valence-corrected chi connectivity index (χ0v) is 23.7. The van der Waals surface area contributed by atoms with Gasteiger partial charge in [0.05, 0.1) is 12.1 Å². The summed E-state index contributed by atoms with van der Waals surface area (Å²) < 4.78 is 40.1. The molecule has 3 rings (SSSR count). The van der Waals surface area contributed by atoms with Crippen LogP contribution >= 0.6 is 0 Å². The van der Waals surface area contributed by atoms with Crippen molar-refractivity contribution >= 4 is 23.6 Å². The van der Waals surface area contributed by atoms with E-state index in [-0.39, 0.29) is 29.3 Å². The Bertz CT molecular complexity index is 1230. The molecule has 0 aromatic heterocycles. The molecule has 41 heavy (non-hydrogen) atoms. The van der Waals surface area contributed by atoms with Crippen LogP contribution in [0.4, 0.5) is 23.7 Å². The summed E-state index contributed by atoms with van der Waals surface area (Å²) >= 11 is 0. The predicted molar refractivity (Wildman–Crippen MR) is 148 cm³/mol. The topological polar surface area (TPSA) is 119 Å². The number of rotatable bonds is 8. The summed E-state index contributed by atoms with van der Waals surface area (Å²) in [6.45, 7) is 7.84. The van der Waals surface area contributed by atoms with E-state index in [2.05, 4.69) is 31.4 Å². The summed E-state index contributed by atoms with van der Waals surface area (Å²) in [7, 11) is 0. The minimum absolute atomic E-state index is 0.0614. The maximum absolute atomic E-state index is 13.5. The third-order valence-corrected chi connectivity index (χ3v) is 7.59. The molecule has 0 radical (unpaired) electrons. The Morgan fingerprint density at radius 2 is 1.61 bits per heavy atom. The van der Waals surface area contributed by atoms with Crippen molar-refractivity contribution < 1.29 is 37.8 Å². The molecule has 2 aromatic carbocycles. The summed E-state index contributed by atoms with van der Waals surface area (Å²) in [6, 6.07) is 9.21. The van der Waals surface area contributed by atoms with Gasteiger partial charge in [-0.15, -0.1) is 0 Å². The standard InChI is InChI=1S/C30H38F3N3O5/c1-18-13-22(30(31,32)33)15-23(14-18)35-28(41)36(24-11-9-21(10-12-24)29(2,3)4)17-19-5-7-20(8-6-19)26(38)34-16-25(37)27(39)40/h5-8,13-15,21,24-25,37H,9-12,16-17H2,1-4H3,(H,34,38)(H,35,41)(H,39,40)/t21?,24?,25-/m1/s1. The summed E-state index contributed by atoms with van der Waals surface area (Å²) in [5, 5.41) is 23.1. The van der Waals surface area contributed by atoms with E-state index in [1.165, 1.54) is 25.1 Å². The molecule has 1 fully saturated rings. The molecule has 0 unspecified atom stereocenters. The lowest BCUT2D eigenvalue weighted by atomic mass is 9.71. The van der Waals surface area contributed by atoms with Gasteiger partial charge in [0.2, 0.25) is 0 Å². The van der Waals surface area contributed by atoms with Gasteiger partial charge in [-0.3, -0.25) is 4.79 Å². The molecular weight excluding hydrogens is 539 g/mol. The summed E-state index contributed by atoms with van der Waals surface area (Å²) in [5.74, 6) is -1.52. The Kier molecular flexibility index (Phi) is 10.1.